The summed E-state index contributed by atoms with van der Waals surface area (Å²) in [5.41, 5.74) is 8.65. The molecule has 0 bridgehead atoms. The molecule has 0 aliphatic rings. The molecule has 0 unspecified atom stereocenters. The first kappa shape index (κ1) is 12.1. The Hall–Kier alpha value is -1.02. The minimum Gasteiger partial charge on any atom is -0.507 e. The summed E-state index contributed by atoms with van der Waals surface area (Å²) in [6, 6.07) is 4.07. The maximum Gasteiger partial charge on any atom is 0.123 e. The molecule has 2 nitrogen and oxygen atoms in total. The standard InChI is InChI=1S/C13H21NO/c1-5-9-6-10(8-14)12(15)11(7-9)13(2,3)4/h6-7,15H,5,8,14H2,1-4H3. The molecule has 0 heterocycles. The van der Waals surface area contributed by atoms with Gasteiger partial charge >= 0.3 is 0 Å². The van der Waals surface area contributed by atoms with E-state index in [2.05, 4.69) is 33.8 Å². The van der Waals surface area contributed by atoms with Gasteiger partial charge in [0, 0.05) is 12.1 Å². The second-order valence-corrected chi connectivity index (χ2v) is 4.96. The van der Waals surface area contributed by atoms with Gasteiger partial charge in [-0.25, -0.2) is 0 Å². The van der Waals surface area contributed by atoms with Crippen LogP contribution < -0.4 is 5.73 Å². The highest BCUT2D eigenvalue weighted by atomic mass is 16.3. The first-order valence-electron chi connectivity index (χ1n) is 5.45. The number of nitrogens with two attached hydrogens (primary N) is 1. The zero-order valence-electron chi connectivity index (χ0n) is 10.1. The van der Waals surface area contributed by atoms with Crippen LogP contribution in [0, 0.1) is 0 Å². The summed E-state index contributed by atoms with van der Waals surface area (Å²) in [5, 5.41) is 10.1. The molecule has 1 aromatic carbocycles. The fourth-order valence-electron chi connectivity index (χ4n) is 1.69. The van der Waals surface area contributed by atoms with Gasteiger partial charge in [0.1, 0.15) is 5.75 Å². The summed E-state index contributed by atoms with van der Waals surface area (Å²) < 4.78 is 0. The molecule has 0 saturated heterocycles. The normalized spacial score (nSPS) is 11.8. The number of hydrogen-bond donors (Lipinski definition) is 2. The van der Waals surface area contributed by atoms with Gasteiger partial charge in [-0.15, -0.1) is 0 Å². The first-order chi connectivity index (χ1) is 6.90. The molecule has 0 aliphatic carbocycles. The van der Waals surface area contributed by atoms with Crippen molar-refractivity contribution in [1.29, 1.82) is 0 Å². The summed E-state index contributed by atoms with van der Waals surface area (Å²) in [6.07, 6.45) is 0.969. The van der Waals surface area contributed by atoms with E-state index in [4.69, 9.17) is 5.73 Å². The molecular formula is C13H21NO. The minimum absolute atomic E-state index is 0.0425. The molecule has 0 radical (unpaired) electrons. The Labute approximate surface area is 92.1 Å². The van der Waals surface area contributed by atoms with E-state index in [1.165, 1.54) is 5.56 Å². The van der Waals surface area contributed by atoms with Gasteiger partial charge in [0.2, 0.25) is 0 Å². The highest BCUT2D eigenvalue weighted by Crippen LogP contribution is 2.34. The summed E-state index contributed by atoms with van der Waals surface area (Å²) in [4.78, 5) is 0. The van der Waals surface area contributed by atoms with Gasteiger partial charge in [0.25, 0.3) is 0 Å². The number of hydrogen-bond acceptors (Lipinski definition) is 2. The zero-order chi connectivity index (χ0) is 11.6. The van der Waals surface area contributed by atoms with Gasteiger partial charge in [0.05, 0.1) is 0 Å². The van der Waals surface area contributed by atoms with Crippen LogP contribution in [0.25, 0.3) is 0 Å². The molecule has 84 valence electrons. The maximum atomic E-state index is 10.1. The predicted molar refractivity (Wildman–Crippen MR) is 64.1 cm³/mol. The average Bonchev–Trinajstić information content (AvgIpc) is 2.16. The Morgan fingerprint density at radius 2 is 1.87 bits per heavy atom. The third-order valence-corrected chi connectivity index (χ3v) is 2.68. The number of phenolic OH excluding ortho intramolecular Hbond substituents is 1. The van der Waals surface area contributed by atoms with Gasteiger partial charge < -0.3 is 10.8 Å². The number of benzene rings is 1. The Morgan fingerprint density at radius 3 is 2.27 bits per heavy atom. The Bertz CT molecular complexity index is 350. The summed E-state index contributed by atoms with van der Waals surface area (Å²) in [6.45, 7) is 8.80. The van der Waals surface area contributed by atoms with Crippen LogP contribution in [-0.4, -0.2) is 5.11 Å². The lowest BCUT2D eigenvalue weighted by Crippen LogP contribution is -2.13. The van der Waals surface area contributed by atoms with Crippen LogP contribution in [0.5, 0.6) is 5.75 Å². The lowest BCUT2D eigenvalue weighted by Gasteiger charge is -2.23. The fourth-order valence-corrected chi connectivity index (χ4v) is 1.69. The molecule has 0 spiro atoms. The van der Waals surface area contributed by atoms with Crippen molar-refractivity contribution < 1.29 is 5.11 Å². The highest BCUT2D eigenvalue weighted by Gasteiger charge is 2.20. The van der Waals surface area contributed by atoms with Crippen molar-refractivity contribution >= 4 is 0 Å². The van der Waals surface area contributed by atoms with Crippen LogP contribution in [0.3, 0.4) is 0 Å². The number of aryl methyl sites for hydroxylation is 1. The van der Waals surface area contributed by atoms with E-state index in [0.29, 0.717) is 12.3 Å². The van der Waals surface area contributed by atoms with Crippen molar-refractivity contribution in [3.63, 3.8) is 0 Å². The van der Waals surface area contributed by atoms with E-state index >= 15 is 0 Å². The van der Waals surface area contributed by atoms with Crippen molar-refractivity contribution in [2.45, 2.75) is 46.1 Å². The maximum absolute atomic E-state index is 10.1. The molecular weight excluding hydrogens is 186 g/mol. The van der Waals surface area contributed by atoms with Crippen LogP contribution in [0.15, 0.2) is 12.1 Å². The molecule has 0 atom stereocenters. The molecule has 1 aromatic rings. The second kappa shape index (κ2) is 4.23. The third kappa shape index (κ3) is 2.51. The van der Waals surface area contributed by atoms with E-state index in [9.17, 15) is 5.11 Å². The van der Waals surface area contributed by atoms with Crippen LogP contribution in [0.4, 0.5) is 0 Å². The predicted octanol–water partition coefficient (Wildman–Crippen LogP) is 2.71. The number of phenols is 1. The molecule has 0 fully saturated rings. The number of rotatable bonds is 2. The highest BCUT2D eigenvalue weighted by molar-refractivity contribution is 5.47. The molecule has 15 heavy (non-hydrogen) atoms. The van der Waals surface area contributed by atoms with Crippen LogP contribution in [0.2, 0.25) is 0 Å². The van der Waals surface area contributed by atoms with Crippen molar-refractivity contribution in [1.82, 2.24) is 0 Å². The monoisotopic (exact) mass is 207 g/mol. The van der Waals surface area contributed by atoms with Gasteiger partial charge in [-0.3, -0.25) is 0 Å². The van der Waals surface area contributed by atoms with Crippen LogP contribution in [-0.2, 0) is 18.4 Å². The summed E-state index contributed by atoms with van der Waals surface area (Å²) in [5.74, 6) is 0.363. The Kier molecular flexibility index (Phi) is 3.40. The molecule has 3 N–H and O–H groups in total. The van der Waals surface area contributed by atoms with Gasteiger partial charge in [-0.2, -0.15) is 0 Å². The van der Waals surface area contributed by atoms with Crippen LogP contribution >= 0.6 is 0 Å². The van der Waals surface area contributed by atoms with Gasteiger partial charge in [-0.05, 0) is 23.0 Å². The van der Waals surface area contributed by atoms with Crippen molar-refractivity contribution in [2.24, 2.45) is 5.73 Å². The van der Waals surface area contributed by atoms with E-state index in [0.717, 1.165) is 17.5 Å². The SMILES string of the molecule is CCc1cc(CN)c(O)c(C(C)(C)C)c1. The molecule has 2 heteroatoms. The van der Waals surface area contributed by atoms with Gasteiger partial charge in [0.15, 0.2) is 0 Å². The number of aromatic hydroxyl groups is 1. The summed E-state index contributed by atoms with van der Waals surface area (Å²) in [7, 11) is 0. The van der Waals surface area contributed by atoms with Crippen LogP contribution in [0.1, 0.15) is 44.4 Å². The topological polar surface area (TPSA) is 46.2 Å². The molecule has 1 rings (SSSR count). The van der Waals surface area contributed by atoms with Crippen molar-refractivity contribution in [2.75, 3.05) is 0 Å². The smallest absolute Gasteiger partial charge is 0.123 e. The first-order valence-corrected chi connectivity index (χ1v) is 5.45. The third-order valence-electron chi connectivity index (χ3n) is 2.68. The Balaban J connectivity index is 3.37. The van der Waals surface area contributed by atoms with Crippen molar-refractivity contribution in [3.05, 3.63) is 28.8 Å². The quantitative estimate of drug-likeness (QED) is 0.783. The van der Waals surface area contributed by atoms with E-state index in [1.54, 1.807) is 0 Å². The van der Waals surface area contributed by atoms with Gasteiger partial charge in [-0.1, -0.05) is 39.8 Å². The minimum atomic E-state index is -0.0425. The molecule has 0 aromatic heterocycles. The largest absolute Gasteiger partial charge is 0.507 e. The fraction of sp³-hybridized carbons (Fsp3) is 0.538. The molecule has 0 saturated carbocycles. The van der Waals surface area contributed by atoms with E-state index in [1.807, 2.05) is 6.07 Å². The second-order valence-electron chi connectivity index (χ2n) is 4.96. The zero-order valence-corrected chi connectivity index (χ0v) is 10.1. The molecule has 0 aliphatic heterocycles. The average molecular weight is 207 g/mol. The Morgan fingerprint density at radius 1 is 1.27 bits per heavy atom. The summed E-state index contributed by atoms with van der Waals surface area (Å²) >= 11 is 0. The van der Waals surface area contributed by atoms with Crippen molar-refractivity contribution in [3.8, 4) is 5.75 Å². The lowest BCUT2D eigenvalue weighted by atomic mass is 9.83. The molecule has 0 amide bonds. The lowest BCUT2D eigenvalue weighted by molar-refractivity contribution is 0.440. The van der Waals surface area contributed by atoms with E-state index < -0.39 is 0 Å². The van der Waals surface area contributed by atoms with E-state index in [-0.39, 0.29) is 5.41 Å².